The molecule has 1 amide bonds. The molecule has 0 saturated heterocycles. The molecule has 0 fully saturated rings. The fourth-order valence-corrected chi connectivity index (χ4v) is 2.39. The molecule has 0 atom stereocenters. The van der Waals surface area contributed by atoms with Crippen LogP contribution in [0.5, 0.6) is 0 Å². The number of rotatable bonds is 3. The van der Waals surface area contributed by atoms with Gasteiger partial charge in [-0.2, -0.15) is 0 Å². The third-order valence-electron chi connectivity index (χ3n) is 2.48. The molecular formula is C12H9BrFN3O3S. The SMILES string of the molecule is NS(=O)(=O)c1ccc(NC(=O)c2cncc(Br)c2)c(F)c1. The van der Waals surface area contributed by atoms with Gasteiger partial charge in [-0.1, -0.05) is 0 Å². The van der Waals surface area contributed by atoms with E-state index in [1.54, 1.807) is 0 Å². The predicted octanol–water partition coefficient (Wildman–Crippen LogP) is 1.88. The first-order valence-electron chi connectivity index (χ1n) is 5.51. The molecule has 6 nitrogen and oxygen atoms in total. The smallest absolute Gasteiger partial charge is 0.257 e. The van der Waals surface area contributed by atoms with Crippen molar-refractivity contribution in [3.63, 3.8) is 0 Å². The number of aromatic nitrogens is 1. The number of primary sulfonamides is 1. The quantitative estimate of drug-likeness (QED) is 0.857. The maximum Gasteiger partial charge on any atom is 0.257 e. The molecule has 0 aliphatic heterocycles. The zero-order valence-electron chi connectivity index (χ0n) is 10.4. The van der Waals surface area contributed by atoms with E-state index in [0.29, 0.717) is 4.47 Å². The second kappa shape index (κ2) is 5.88. The van der Waals surface area contributed by atoms with Gasteiger partial charge in [-0.15, -0.1) is 0 Å². The van der Waals surface area contributed by atoms with E-state index in [-0.39, 0.29) is 16.1 Å². The number of anilines is 1. The number of nitrogens with two attached hydrogens (primary N) is 1. The van der Waals surface area contributed by atoms with Crippen molar-refractivity contribution in [3.05, 3.63) is 52.5 Å². The summed E-state index contributed by atoms with van der Waals surface area (Å²) in [7, 11) is -4.00. The van der Waals surface area contributed by atoms with Crippen molar-refractivity contribution >= 4 is 37.5 Å². The van der Waals surface area contributed by atoms with Gasteiger partial charge in [-0.05, 0) is 40.2 Å². The van der Waals surface area contributed by atoms with Crippen LogP contribution >= 0.6 is 15.9 Å². The topological polar surface area (TPSA) is 102 Å². The predicted molar refractivity (Wildman–Crippen MR) is 77.7 cm³/mol. The molecule has 0 aliphatic carbocycles. The van der Waals surface area contributed by atoms with Crippen molar-refractivity contribution < 1.29 is 17.6 Å². The average Bonchev–Trinajstić information content (AvgIpc) is 2.39. The van der Waals surface area contributed by atoms with Crippen LogP contribution in [-0.2, 0) is 10.0 Å². The second-order valence-electron chi connectivity index (χ2n) is 4.03. The summed E-state index contributed by atoms with van der Waals surface area (Å²) in [6.45, 7) is 0. The lowest BCUT2D eigenvalue weighted by Gasteiger charge is -2.07. The number of sulfonamides is 1. The van der Waals surface area contributed by atoms with Gasteiger partial charge in [0.05, 0.1) is 16.1 Å². The summed E-state index contributed by atoms with van der Waals surface area (Å²) in [4.78, 5) is 15.4. The van der Waals surface area contributed by atoms with E-state index < -0.39 is 21.7 Å². The molecule has 1 aromatic carbocycles. The van der Waals surface area contributed by atoms with Gasteiger partial charge in [-0.25, -0.2) is 17.9 Å². The molecule has 2 rings (SSSR count). The van der Waals surface area contributed by atoms with E-state index in [0.717, 1.165) is 18.2 Å². The largest absolute Gasteiger partial charge is 0.319 e. The standard InChI is InChI=1S/C12H9BrFN3O3S/c13-8-3-7(5-16-6-8)12(18)17-11-2-1-9(4-10(11)14)21(15,19)20/h1-6H,(H,17,18)(H2,15,19,20). The van der Waals surface area contributed by atoms with Crippen LogP contribution in [0.1, 0.15) is 10.4 Å². The van der Waals surface area contributed by atoms with E-state index in [4.69, 9.17) is 5.14 Å². The Kier molecular flexibility index (Phi) is 4.35. The van der Waals surface area contributed by atoms with Crippen LogP contribution < -0.4 is 10.5 Å². The number of amides is 1. The molecule has 2 aromatic rings. The number of carbonyl (C=O) groups is 1. The van der Waals surface area contributed by atoms with E-state index in [2.05, 4.69) is 26.2 Å². The minimum absolute atomic E-state index is 0.160. The Hall–Kier alpha value is -1.84. The molecule has 0 aliphatic rings. The maximum atomic E-state index is 13.8. The third kappa shape index (κ3) is 3.84. The van der Waals surface area contributed by atoms with Crippen molar-refractivity contribution in [3.8, 4) is 0 Å². The Morgan fingerprint density at radius 3 is 2.57 bits per heavy atom. The molecular weight excluding hydrogens is 365 g/mol. The summed E-state index contributed by atoms with van der Waals surface area (Å²) in [5.74, 6) is -1.48. The normalized spacial score (nSPS) is 11.2. The molecule has 21 heavy (non-hydrogen) atoms. The second-order valence-corrected chi connectivity index (χ2v) is 6.51. The molecule has 0 bridgehead atoms. The van der Waals surface area contributed by atoms with E-state index in [1.807, 2.05) is 0 Å². The number of benzene rings is 1. The van der Waals surface area contributed by atoms with Crippen LogP contribution in [0, 0.1) is 5.82 Å². The van der Waals surface area contributed by atoms with Gasteiger partial charge in [0.2, 0.25) is 10.0 Å². The summed E-state index contributed by atoms with van der Waals surface area (Å²) >= 11 is 3.16. The number of pyridine rings is 1. The number of halogens is 2. The molecule has 0 radical (unpaired) electrons. The van der Waals surface area contributed by atoms with Gasteiger partial charge in [0, 0.05) is 16.9 Å². The number of carbonyl (C=O) groups excluding carboxylic acids is 1. The maximum absolute atomic E-state index is 13.8. The fourth-order valence-electron chi connectivity index (χ4n) is 1.50. The van der Waals surface area contributed by atoms with Gasteiger partial charge in [-0.3, -0.25) is 9.78 Å². The monoisotopic (exact) mass is 373 g/mol. The summed E-state index contributed by atoms with van der Waals surface area (Å²) in [6.07, 6.45) is 2.81. The highest BCUT2D eigenvalue weighted by atomic mass is 79.9. The highest BCUT2D eigenvalue weighted by Gasteiger charge is 2.14. The zero-order valence-corrected chi connectivity index (χ0v) is 12.8. The van der Waals surface area contributed by atoms with Crippen LogP contribution in [0.25, 0.3) is 0 Å². The number of hydrogen-bond acceptors (Lipinski definition) is 4. The van der Waals surface area contributed by atoms with Crippen molar-refractivity contribution in [2.24, 2.45) is 5.14 Å². The van der Waals surface area contributed by atoms with E-state index >= 15 is 0 Å². The lowest BCUT2D eigenvalue weighted by molar-refractivity contribution is 0.102. The van der Waals surface area contributed by atoms with Gasteiger partial charge < -0.3 is 5.32 Å². The van der Waals surface area contributed by atoms with Gasteiger partial charge >= 0.3 is 0 Å². The third-order valence-corrected chi connectivity index (χ3v) is 3.83. The van der Waals surface area contributed by atoms with Crippen LogP contribution in [0.4, 0.5) is 10.1 Å². The van der Waals surface area contributed by atoms with Gasteiger partial charge in [0.1, 0.15) is 5.82 Å². The van der Waals surface area contributed by atoms with Crippen molar-refractivity contribution in [1.82, 2.24) is 4.98 Å². The minimum atomic E-state index is -4.00. The summed E-state index contributed by atoms with van der Waals surface area (Å²) in [6, 6.07) is 4.48. The number of hydrogen-bond donors (Lipinski definition) is 2. The molecule has 0 spiro atoms. The highest BCUT2D eigenvalue weighted by Crippen LogP contribution is 2.19. The fraction of sp³-hybridized carbons (Fsp3) is 0. The van der Waals surface area contributed by atoms with Crippen molar-refractivity contribution in [1.29, 1.82) is 0 Å². The molecule has 1 heterocycles. The molecule has 0 unspecified atom stereocenters. The highest BCUT2D eigenvalue weighted by molar-refractivity contribution is 9.10. The van der Waals surface area contributed by atoms with E-state index in [9.17, 15) is 17.6 Å². The van der Waals surface area contributed by atoms with Crippen LogP contribution in [0.2, 0.25) is 0 Å². The number of nitrogens with one attached hydrogen (secondary N) is 1. The first-order valence-corrected chi connectivity index (χ1v) is 7.85. The molecule has 110 valence electrons. The number of nitrogens with zero attached hydrogens (tertiary/aromatic N) is 1. The Balaban J connectivity index is 2.26. The summed E-state index contributed by atoms with van der Waals surface area (Å²) < 4.78 is 36.5. The Labute approximate surface area is 128 Å². The van der Waals surface area contributed by atoms with Crippen LogP contribution in [0.3, 0.4) is 0 Å². The Bertz CT molecular complexity index is 811. The van der Waals surface area contributed by atoms with E-state index in [1.165, 1.54) is 18.5 Å². The Morgan fingerprint density at radius 1 is 1.29 bits per heavy atom. The summed E-state index contributed by atoms with van der Waals surface area (Å²) in [5.41, 5.74) is 0.0617. The lowest BCUT2D eigenvalue weighted by Crippen LogP contribution is -2.15. The summed E-state index contributed by atoms with van der Waals surface area (Å²) in [5, 5.41) is 7.21. The lowest BCUT2D eigenvalue weighted by atomic mass is 10.2. The first kappa shape index (κ1) is 15.5. The molecule has 0 saturated carbocycles. The molecule has 1 aromatic heterocycles. The minimum Gasteiger partial charge on any atom is -0.319 e. The van der Waals surface area contributed by atoms with Crippen molar-refractivity contribution in [2.75, 3.05) is 5.32 Å². The van der Waals surface area contributed by atoms with Gasteiger partial charge in [0.25, 0.3) is 5.91 Å². The average molecular weight is 374 g/mol. The zero-order chi connectivity index (χ0) is 15.6. The first-order chi connectivity index (χ1) is 9.77. The van der Waals surface area contributed by atoms with Gasteiger partial charge in [0.15, 0.2) is 0 Å². The molecule has 9 heteroatoms. The Morgan fingerprint density at radius 2 is 2.00 bits per heavy atom. The van der Waals surface area contributed by atoms with Crippen LogP contribution in [0.15, 0.2) is 46.0 Å². The molecule has 3 N–H and O–H groups in total. The van der Waals surface area contributed by atoms with Crippen molar-refractivity contribution in [2.45, 2.75) is 4.90 Å². The van der Waals surface area contributed by atoms with Crippen LogP contribution in [-0.4, -0.2) is 19.3 Å².